The summed E-state index contributed by atoms with van der Waals surface area (Å²) in [7, 11) is 0. The van der Waals surface area contributed by atoms with E-state index in [0.29, 0.717) is 0 Å². The molecule has 2 heterocycles. The van der Waals surface area contributed by atoms with Crippen molar-refractivity contribution in [1.82, 2.24) is 19.5 Å². The summed E-state index contributed by atoms with van der Waals surface area (Å²) in [5, 5.41) is 3.15. The van der Waals surface area contributed by atoms with Gasteiger partial charge < -0.3 is 9.88 Å². The first-order chi connectivity index (χ1) is 8.35. The quantitative estimate of drug-likeness (QED) is 0.857. The lowest BCUT2D eigenvalue weighted by molar-refractivity contribution is 0.683. The summed E-state index contributed by atoms with van der Waals surface area (Å²) in [6, 6.07) is 0. The molecule has 0 amide bonds. The number of imidazole rings is 1. The van der Waals surface area contributed by atoms with Crippen LogP contribution in [0, 0.1) is 0 Å². The summed E-state index contributed by atoms with van der Waals surface area (Å²) in [6.07, 6.45) is 8.31. The van der Waals surface area contributed by atoms with E-state index in [0.717, 1.165) is 36.8 Å². The minimum Gasteiger partial charge on any atom is -0.369 e. The van der Waals surface area contributed by atoms with Gasteiger partial charge in [0, 0.05) is 25.5 Å². The monoisotopic (exact) mass is 231 g/mol. The molecule has 5 nitrogen and oxygen atoms in total. The molecular formula is C12H17N5. The highest BCUT2D eigenvalue weighted by molar-refractivity contribution is 5.51. The van der Waals surface area contributed by atoms with E-state index in [1.165, 1.54) is 0 Å². The fourth-order valence-corrected chi connectivity index (χ4v) is 1.70. The second-order valence-electron chi connectivity index (χ2n) is 3.76. The molecule has 1 N–H and O–H groups in total. The molecule has 0 radical (unpaired) electrons. The molecule has 0 aliphatic carbocycles. The highest BCUT2D eigenvalue weighted by Gasteiger charge is 2.07. The molecule has 0 fully saturated rings. The zero-order chi connectivity index (χ0) is 12.1. The molecule has 0 aromatic carbocycles. The first kappa shape index (κ1) is 11.6. The molecule has 17 heavy (non-hydrogen) atoms. The summed E-state index contributed by atoms with van der Waals surface area (Å²) >= 11 is 0. The van der Waals surface area contributed by atoms with E-state index < -0.39 is 0 Å². The normalized spacial score (nSPS) is 10.5. The molecule has 0 unspecified atom stereocenters. The maximum atomic E-state index is 4.49. The molecule has 0 spiro atoms. The van der Waals surface area contributed by atoms with Gasteiger partial charge in [0.05, 0.1) is 12.4 Å². The van der Waals surface area contributed by atoms with Gasteiger partial charge in [0.25, 0.3) is 0 Å². The van der Waals surface area contributed by atoms with Crippen molar-refractivity contribution in [3.63, 3.8) is 0 Å². The van der Waals surface area contributed by atoms with Gasteiger partial charge in [-0.3, -0.25) is 4.98 Å². The second kappa shape index (κ2) is 5.43. The highest BCUT2D eigenvalue weighted by atomic mass is 15.1. The SMILES string of the molecule is CCCn1ccnc1-c1cncc(NCC)n1. The molecule has 2 aromatic heterocycles. The molecule has 0 bridgehead atoms. The molecule has 2 aromatic rings. The average Bonchev–Trinajstić information content (AvgIpc) is 2.79. The van der Waals surface area contributed by atoms with Crippen molar-refractivity contribution in [3.8, 4) is 11.5 Å². The van der Waals surface area contributed by atoms with Gasteiger partial charge in [-0.1, -0.05) is 6.92 Å². The van der Waals surface area contributed by atoms with Crippen LogP contribution in [-0.2, 0) is 6.54 Å². The maximum absolute atomic E-state index is 4.49. The van der Waals surface area contributed by atoms with Crippen LogP contribution in [0.2, 0.25) is 0 Å². The molecule has 90 valence electrons. The lowest BCUT2D eigenvalue weighted by Gasteiger charge is -2.07. The van der Waals surface area contributed by atoms with Gasteiger partial charge in [-0.2, -0.15) is 0 Å². The Labute approximate surface area is 101 Å². The highest BCUT2D eigenvalue weighted by Crippen LogP contribution is 2.16. The van der Waals surface area contributed by atoms with E-state index in [9.17, 15) is 0 Å². The Hall–Kier alpha value is -1.91. The maximum Gasteiger partial charge on any atom is 0.160 e. The minimum atomic E-state index is 0.788. The van der Waals surface area contributed by atoms with E-state index in [1.54, 1.807) is 18.6 Å². The third-order valence-electron chi connectivity index (χ3n) is 2.40. The third-order valence-corrected chi connectivity index (χ3v) is 2.40. The molecule has 0 saturated heterocycles. The van der Waals surface area contributed by atoms with Crippen molar-refractivity contribution < 1.29 is 0 Å². The van der Waals surface area contributed by atoms with Crippen molar-refractivity contribution in [1.29, 1.82) is 0 Å². The van der Waals surface area contributed by atoms with Crippen LogP contribution >= 0.6 is 0 Å². The Kier molecular flexibility index (Phi) is 3.69. The zero-order valence-electron chi connectivity index (χ0n) is 10.2. The largest absolute Gasteiger partial charge is 0.369 e. The van der Waals surface area contributed by atoms with Gasteiger partial charge in [-0.15, -0.1) is 0 Å². The van der Waals surface area contributed by atoms with Gasteiger partial charge in [0.1, 0.15) is 11.5 Å². The van der Waals surface area contributed by atoms with Crippen LogP contribution < -0.4 is 5.32 Å². The van der Waals surface area contributed by atoms with Gasteiger partial charge in [-0.25, -0.2) is 9.97 Å². The van der Waals surface area contributed by atoms with Crippen molar-refractivity contribution in [3.05, 3.63) is 24.8 Å². The first-order valence-corrected chi connectivity index (χ1v) is 5.92. The smallest absolute Gasteiger partial charge is 0.160 e. The second-order valence-corrected chi connectivity index (χ2v) is 3.76. The average molecular weight is 231 g/mol. The summed E-state index contributed by atoms with van der Waals surface area (Å²) < 4.78 is 2.10. The van der Waals surface area contributed by atoms with Crippen LogP contribution in [0.5, 0.6) is 0 Å². The van der Waals surface area contributed by atoms with Crippen LogP contribution in [0.1, 0.15) is 20.3 Å². The lowest BCUT2D eigenvalue weighted by atomic mass is 10.4. The van der Waals surface area contributed by atoms with Gasteiger partial charge in [0.15, 0.2) is 5.82 Å². The first-order valence-electron chi connectivity index (χ1n) is 5.92. The molecule has 0 aliphatic rings. The van der Waals surface area contributed by atoms with Crippen molar-refractivity contribution in [2.75, 3.05) is 11.9 Å². The van der Waals surface area contributed by atoms with E-state index in [2.05, 4.69) is 31.8 Å². The molecule has 0 aliphatic heterocycles. The standard InChI is InChI=1S/C12H17N5/c1-3-6-17-7-5-15-12(17)10-8-13-9-11(16-10)14-4-2/h5,7-9H,3-4,6H2,1-2H3,(H,14,16). The minimum absolute atomic E-state index is 0.788. The molecule has 0 saturated carbocycles. The van der Waals surface area contributed by atoms with Crippen molar-refractivity contribution in [2.45, 2.75) is 26.8 Å². The zero-order valence-corrected chi connectivity index (χ0v) is 10.2. The fourth-order valence-electron chi connectivity index (χ4n) is 1.70. The van der Waals surface area contributed by atoms with Crippen molar-refractivity contribution >= 4 is 5.82 Å². The molecular weight excluding hydrogens is 214 g/mol. The van der Waals surface area contributed by atoms with Crippen LogP contribution in [-0.4, -0.2) is 26.1 Å². The summed E-state index contributed by atoms with van der Waals surface area (Å²) in [6.45, 7) is 5.96. The third kappa shape index (κ3) is 2.61. The Morgan fingerprint density at radius 2 is 2.18 bits per heavy atom. The number of aryl methyl sites for hydroxylation is 1. The van der Waals surface area contributed by atoms with Gasteiger partial charge in [-0.05, 0) is 13.3 Å². The molecule has 2 rings (SSSR count). The van der Waals surface area contributed by atoms with E-state index in [1.807, 2.05) is 13.1 Å². The van der Waals surface area contributed by atoms with Gasteiger partial charge >= 0.3 is 0 Å². The topological polar surface area (TPSA) is 55.6 Å². The van der Waals surface area contributed by atoms with E-state index >= 15 is 0 Å². The van der Waals surface area contributed by atoms with Crippen LogP contribution in [0.3, 0.4) is 0 Å². The predicted octanol–water partition coefficient (Wildman–Crippen LogP) is 2.18. The Morgan fingerprint density at radius 3 is 2.94 bits per heavy atom. The van der Waals surface area contributed by atoms with E-state index in [-0.39, 0.29) is 0 Å². The fraction of sp³-hybridized carbons (Fsp3) is 0.417. The number of nitrogens with one attached hydrogen (secondary N) is 1. The number of nitrogens with zero attached hydrogens (tertiary/aromatic N) is 4. The van der Waals surface area contributed by atoms with Gasteiger partial charge in [0.2, 0.25) is 0 Å². The van der Waals surface area contributed by atoms with Crippen LogP contribution in [0.25, 0.3) is 11.5 Å². The number of rotatable bonds is 5. The Morgan fingerprint density at radius 1 is 1.29 bits per heavy atom. The number of hydrogen-bond donors (Lipinski definition) is 1. The Balaban J connectivity index is 2.31. The molecule has 0 atom stereocenters. The molecule has 5 heteroatoms. The van der Waals surface area contributed by atoms with Crippen molar-refractivity contribution in [2.24, 2.45) is 0 Å². The summed E-state index contributed by atoms with van der Waals surface area (Å²) in [5.41, 5.74) is 0.807. The number of aromatic nitrogens is 4. The van der Waals surface area contributed by atoms with E-state index in [4.69, 9.17) is 0 Å². The summed E-state index contributed by atoms with van der Waals surface area (Å²) in [5.74, 6) is 1.66. The Bertz CT molecular complexity index is 477. The van der Waals surface area contributed by atoms with Crippen LogP contribution in [0.4, 0.5) is 5.82 Å². The predicted molar refractivity (Wildman–Crippen MR) is 67.7 cm³/mol. The lowest BCUT2D eigenvalue weighted by Crippen LogP contribution is -2.04. The summed E-state index contributed by atoms with van der Waals surface area (Å²) in [4.78, 5) is 13.0. The number of anilines is 1. The number of hydrogen-bond acceptors (Lipinski definition) is 4. The van der Waals surface area contributed by atoms with Crippen LogP contribution in [0.15, 0.2) is 24.8 Å².